The predicted molar refractivity (Wildman–Crippen MR) is 56.3 cm³/mol. The molecule has 0 aromatic carbocycles. The van der Waals surface area contributed by atoms with Crippen molar-refractivity contribution in [1.82, 2.24) is 4.90 Å². The van der Waals surface area contributed by atoms with E-state index in [1.54, 1.807) is 0 Å². The summed E-state index contributed by atoms with van der Waals surface area (Å²) in [5.74, 6) is 0.672. The van der Waals surface area contributed by atoms with Gasteiger partial charge in [0.1, 0.15) is 0 Å². The smallest absolute Gasteiger partial charge is 0.303 e. The molecule has 0 spiro atoms. The molecule has 1 aliphatic rings. The van der Waals surface area contributed by atoms with E-state index in [1.807, 2.05) is 0 Å². The summed E-state index contributed by atoms with van der Waals surface area (Å²) in [7, 11) is 0. The lowest BCUT2D eigenvalue weighted by Gasteiger charge is -2.17. The maximum atomic E-state index is 10.4. The van der Waals surface area contributed by atoms with Gasteiger partial charge in [0.25, 0.3) is 0 Å². The number of likely N-dealkylation sites (tertiary alicyclic amines) is 1. The van der Waals surface area contributed by atoms with Gasteiger partial charge in [0.15, 0.2) is 0 Å². The zero-order chi connectivity index (χ0) is 10.6. The van der Waals surface area contributed by atoms with Crippen LogP contribution in [0.1, 0.15) is 33.1 Å². The minimum atomic E-state index is -0.660. The molecule has 0 aliphatic carbocycles. The molecule has 0 amide bonds. The Hall–Kier alpha value is -0.570. The average Bonchev–Trinajstić information content (AvgIpc) is 2.47. The number of carbonyl (C=O) groups is 1. The standard InChI is InChI=1S/C11H21NO2/c1-9(2)7-12-6-5-10(8-12)3-4-11(13)14/h9-10H,3-8H2,1-2H3,(H,13,14). The van der Waals surface area contributed by atoms with Gasteiger partial charge in [-0.25, -0.2) is 0 Å². The maximum absolute atomic E-state index is 10.4. The summed E-state index contributed by atoms with van der Waals surface area (Å²) in [4.78, 5) is 12.9. The highest BCUT2D eigenvalue weighted by Crippen LogP contribution is 2.21. The van der Waals surface area contributed by atoms with Crippen LogP contribution >= 0.6 is 0 Å². The van der Waals surface area contributed by atoms with E-state index in [0.29, 0.717) is 18.3 Å². The van der Waals surface area contributed by atoms with Crippen molar-refractivity contribution in [3.63, 3.8) is 0 Å². The van der Waals surface area contributed by atoms with Gasteiger partial charge in [-0.15, -0.1) is 0 Å². The zero-order valence-corrected chi connectivity index (χ0v) is 9.20. The molecular formula is C11H21NO2. The number of carboxylic acid groups (broad SMARTS) is 1. The monoisotopic (exact) mass is 199 g/mol. The summed E-state index contributed by atoms with van der Waals surface area (Å²) in [6.07, 6.45) is 2.37. The third-order valence-electron chi connectivity index (χ3n) is 2.76. The van der Waals surface area contributed by atoms with Crippen LogP contribution in [0.15, 0.2) is 0 Å². The van der Waals surface area contributed by atoms with Gasteiger partial charge in [-0.1, -0.05) is 13.8 Å². The molecule has 1 N–H and O–H groups in total. The van der Waals surface area contributed by atoms with E-state index in [-0.39, 0.29) is 0 Å². The first-order chi connectivity index (χ1) is 6.58. The minimum Gasteiger partial charge on any atom is -0.481 e. The van der Waals surface area contributed by atoms with Crippen LogP contribution in [0.4, 0.5) is 0 Å². The Bertz CT molecular complexity index is 192. The number of aliphatic carboxylic acids is 1. The lowest BCUT2D eigenvalue weighted by atomic mass is 10.0. The van der Waals surface area contributed by atoms with E-state index in [1.165, 1.54) is 6.42 Å². The van der Waals surface area contributed by atoms with E-state index in [4.69, 9.17) is 5.11 Å². The van der Waals surface area contributed by atoms with Crippen molar-refractivity contribution in [2.75, 3.05) is 19.6 Å². The summed E-state index contributed by atoms with van der Waals surface area (Å²) < 4.78 is 0. The molecule has 0 bridgehead atoms. The molecule has 3 nitrogen and oxygen atoms in total. The number of nitrogens with zero attached hydrogens (tertiary/aromatic N) is 1. The predicted octanol–water partition coefficient (Wildman–Crippen LogP) is 1.83. The van der Waals surface area contributed by atoms with Gasteiger partial charge < -0.3 is 10.0 Å². The fourth-order valence-electron chi connectivity index (χ4n) is 2.16. The van der Waals surface area contributed by atoms with Crippen LogP contribution in [0, 0.1) is 11.8 Å². The van der Waals surface area contributed by atoms with Crippen LogP contribution in [0.5, 0.6) is 0 Å². The lowest BCUT2D eigenvalue weighted by Crippen LogP contribution is -2.25. The quantitative estimate of drug-likeness (QED) is 0.734. The first-order valence-electron chi connectivity index (χ1n) is 5.52. The Morgan fingerprint density at radius 2 is 2.29 bits per heavy atom. The highest BCUT2D eigenvalue weighted by atomic mass is 16.4. The second-order valence-electron chi connectivity index (χ2n) is 4.74. The summed E-state index contributed by atoms with van der Waals surface area (Å²) in [5, 5.41) is 8.57. The van der Waals surface area contributed by atoms with Crippen LogP contribution in [0.2, 0.25) is 0 Å². The molecule has 1 heterocycles. The largest absolute Gasteiger partial charge is 0.481 e. The summed E-state index contributed by atoms with van der Waals surface area (Å²) in [5.41, 5.74) is 0. The molecule has 1 unspecified atom stereocenters. The molecule has 82 valence electrons. The topological polar surface area (TPSA) is 40.5 Å². The number of hydrogen-bond acceptors (Lipinski definition) is 2. The number of hydrogen-bond donors (Lipinski definition) is 1. The van der Waals surface area contributed by atoms with Crippen molar-refractivity contribution in [1.29, 1.82) is 0 Å². The molecule has 1 rings (SSSR count). The summed E-state index contributed by atoms with van der Waals surface area (Å²) in [6.45, 7) is 7.87. The third kappa shape index (κ3) is 4.09. The normalized spacial score (nSPS) is 23.2. The van der Waals surface area contributed by atoms with Gasteiger partial charge in [-0.2, -0.15) is 0 Å². The molecule has 1 fully saturated rings. The van der Waals surface area contributed by atoms with Crippen molar-refractivity contribution in [2.45, 2.75) is 33.1 Å². The highest BCUT2D eigenvalue weighted by Gasteiger charge is 2.22. The molecule has 0 saturated carbocycles. The van der Waals surface area contributed by atoms with E-state index in [2.05, 4.69) is 18.7 Å². The molecule has 1 aliphatic heterocycles. The molecule has 0 aromatic heterocycles. The summed E-state index contributed by atoms with van der Waals surface area (Å²) in [6, 6.07) is 0. The van der Waals surface area contributed by atoms with Gasteiger partial charge >= 0.3 is 5.97 Å². The first-order valence-corrected chi connectivity index (χ1v) is 5.52. The Balaban J connectivity index is 2.17. The van der Waals surface area contributed by atoms with Gasteiger partial charge in [0, 0.05) is 19.5 Å². The van der Waals surface area contributed by atoms with Crippen molar-refractivity contribution in [3.8, 4) is 0 Å². The molecule has 3 heteroatoms. The second-order valence-corrected chi connectivity index (χ2v) is 4.74. The Morgan fingerprint density at radius 1 is 1.57 bits per heavy atom. The van der Waals surface area contributed by atoms with Crippen molar-refractivity contribution in [3.05, 3.63) is 0 Å². The molecule has 1 saturated heterocycles. The van der Waals surface area contributed by atoms with E-state index >= 15 is 0 Å². The fraction of sp³-hybridized carbons (Fsp3) is 0.909. The summed E-state index contributed by atoms with van der Waals surface area (Å²) >= 11 is 0. The first kappa shape index (κ1) is 11.5. The van der Waals surface area contributed by atoms with Gasteiger partial charge in [-0.3, -0.25) is 4.79 Å². The molecule has 1 atom stereocenters. The number of carboxylic acids is 1. The van der Waals surface area contributed by atoms with E-state index in [0.717, 1.165) is 26.1 Å². The Morgan fingerprint density at radius 3 is 2.86 bits per heavy atom. The maximum Gasteiger partial charge on any atom is 0.303 e. The fourth-order valence-corrected chi connectivity index (χ4v) is 2.16. The van der Waals surface area contributed by atoms with Gasteiger partial charge in [-0.05, 0) is 31.2 Å². The van der Waals surface area contributed by atoms with Crippen molar-refractivity contribution < 1.29 is 9.90 Å². The average molecular weight is 199 g/mol. The Labute approximate surface area is 86.1 Å². The molecule has 0 radical (unpaired) electrons. The van der Waals surface area contributed by atoms with Crippen LogP contribution in [0.3, 0.4) is 0 Å². The van der Waals surface area contributed by atoms with Crippen LogP contribution < -0.4 is 0 Å². The minimum absolute atomic E-state index is 0.334. The molecule has 14 heavy (non-hydrogen) atoms. The van der Waals surface area contributed by atoms with Crippen LogP contribution in [0.25, 0.3) is 0 Å². The SMILES string of the molecule is CC(C)CN1CCC(CCC(=O)O)C1. The zero-order valence-electron chi connectivity index (χ0n) is 9.20. The van der Waals surface area contributed by atoms with E-state index < -0.39 is 5.97 Å². The van der Waals surface area contributed by atoms with Gasteiger partial charge in [0.2, 0.25) is 0 Å². The highest BCUT2D eigenvalue weighted by molar-refractivity contribution is 5.66. The van der Waals surface area contributed by atoms with Crippen molar-refractivity contribution >= 4 is 5.97 Å². The third-order valence-corrected chi connectivity index (χ3v) is 2.76. The molecular weight excluding hydrogens is 178 g/mol. The molecule has 0 aromatic rings. The number of rotatable bonds is 5. The van der Waals surface area contributed by atoms with Crippen LogP contribution in [-0.2, 0) is 4.79 Å². The van der Waals surface area contributed by atoms with E-state index in [9.17, 15) is 4.79 Å². The lowest BCUT2D eigenvalue weighted by molar-refractivity contribution is -0.137. The second kappa shape index (κ2) is 5.35. The van der Waals surface area contributed by atoms with Crippen molar-refractivity contribution in [2.24, 2.45) is 11.8 Å². The Kier molecular flexibility index (Phi) is 4.39. The van der Waals surface area contributed by atoms with Crippen LogP contribution in [-0.4, -0.2) is 35.6 Å². The van der Waals surface area contributed by atoms with Gasteiger partial charge in [0.05, 0.1) is 0 Å².